The molecule has 8 heteroatoms. The van der Waals surface area contributed by atoms with Crippen LogP contribution in [-0.2, 0) is 16.4 Å². The summed E-state index contributed by atoms with van der Waals surface area (Å²) >= 11 is 0. The third kappa shape index (κ3) is 5.87. The van der Waals surface area contributed by atoms with E-state index in [0.29, 0.717) is 12.1 Å². The van der Waals surface area contributed by atoms with Gasteiger partial charge in [-0.1, -0.05) is 42.5 Å². The van der Waals surface area contributed by atoms with E-state index in [2.05, 4.69) is 10.0 Å². The second kappa shape index (κ2) is 10.3. The van der Waals surface area contributed by atoms with Gasteiger partial charge in [-0.15, -0.1) is 0 Å². The van der Waals surface area contributed by atoms with Crippen molar-refractivity contribution in [1.82, 2.24) is 4.72 Å². The van der Waals surface area contributed by atoms with Crippen LogP contribution in [0.5, 0.6) is 5.75 Å². The summed E-state index contributed by atoms with van der Waals surface area (Å²) in [4.78, 5) is 11.3. The van der Waals surface area contributed by atoms with E-state index >= 15 is 0 Å². The van der Waals surface area contributed by atoms with Gasteiger partial charge in [0.2, 0.25) is 10.0 Å². The molecular formula is C24H26N2O5S. The zero-order valence-corrected chi connectivity index (χ0v) is 18.7. The van der Waals surface area contributed by atoms with Crippen LogP contribution in [0.1, 0.15) is 34.5 Å². The Bertz CT molecular complexity index is 1160. The normalized spacial score (nSPS) is 12.2. The molecule has 1 atom stereocenters. The number of carboxylic acids is 1. The number of benzene rings is 3. The molecule has 0 aliphatic carbocycles. The molecule has 3 N–H and O–H groups in total. The molecule has 0 aliphatic rings. The molecule has 0 aromatic heterocycles. The molecule has 0 fully saturated rings. The van der Waals surface area contributed by atoms with Crippen molar-refractivity contribution < 1.29 is 23.1 Å². The zero-order valence-electron chi connectivity index (χ0n) is 17.9. The van der Waals surface area contributed by atoms with Crippen LogP contribution in [-0.4, -0.2) is 33.1 Å². The van der Waals surface area contributed by atoms with Gasteiger partial charge in [0.1, 0.15) is 10.6 Å². The molecule has 32 heavy (non-hydrogen) atoms. The van der Waals surface area contributed by atoms with E-state index in [0.717, 1.165) is 16.9 Å². The minimum atomic E-state index is -3.96. The summed E-state index contributed by atoms with van der Waals surface area (Å²) in [7, 11) is -2.38. The first-order valence-corrected chi connectivity index (χ1v) is 11.6. The van der Waals surface area contributed by atoms with Gasteiger partial charge in [0.05, 0.1) is 18.4 Å². The molecule has 3 aromatic carbocycles. The molecule has 0 amide bonds. The van der Waals surface area contributed by atoms with Crippen LogP contribution in [0, 0.1) is 0 Å². The first kappa shape index (κ1) is 23.3. The van der Waals surface area contributed by atoms with Crippen molar-refractivity contribution in [2.24, 2.45) is 0 Å². The molecule has 3 rings (SSSR count). The second-order valence-corrected chi connectivity index (χ2v) is 9.02. The fourth-order valence-corrected chi connectivity index (χ4v) is 4.48. The van der Waals surface area contributed by atoms with Crippen molar-refractivity contribution in [2.45, 2.75) is 24.3 Å². The Morgan fingerprint density at radius 1 is 1.03 bits per heavy atom. The third-order valence-electron chi connectivity index (χ3n) is 5.05. The molecule has 0 aliphatic heterocycles. The number of nitrogens with one attached hydrogen (secondary N) is 2. The fraction of sp³-hybridized carbons (Fsp3) is 0.208. The van der Waals surface area contributed by atoms with Crippen molar-refractivity contribution in [3.05, 3.63) is 89.5 Å². The molecule has 3 aromatic rings. The van der Waals surface area contributed by atoms with Crippen LogP contribution < -0.4 is 14.8 Å². The number of aromatic carboxylic acids is 1. The van der Waals surface area contributed by atoms with E-state index in [9.17, 15) is 18.3 Å². The number of ether oxygens (including phenoxy) is 1. The van der Waals surface area contributed by atoms with Gasteiger partial charge in [-0.05, 0) is 54.8 Å². The van der Waals surface area contributed by atoms with Crippen LogP contribution >= 0.6 is 0 Å². The van der Waals surface area contributed by atoms with Gasteiger partial charge in [0, 0.05) is 12.6 Å². The molecule has 0 saturated carbocycles. The quantitative estimate of drug-likeness (QED) is 0.426. The standard InChI is InChI=1S/C24H26N2O5S/c1-17(19-6-4-3-5-7-19)26-22-13-10-20(24(27)28)16-23(22)32(29,30)25-15-14-18-8-11-21(31-2)12-9-18/h3-13,16-17,25-26H,14-15H2,1-2H3,(H,27,28)/t17-/m1/s1. The molecular weight excluding hydrogens is 428 g/mol. The molecule has 0 heterocycles. The molecule has 0 saturated heterocycles. The molecule has 7 nitrogen and oxygen atoms in total. The maximum absolute atomic E-state index is 13.1. The van der Waals surface area contributed by atoms with Crippen LogP contribution in [0.2, 0.25) is 0 Å². The Morgan fingerprint density at radius 2 is 1.72 bits per heavy atom. The first-order chi connectivity index (χ1) is 15.3. The summed E-state index contributed by atoms with van der Waals surface area (Å²) in [5.74, 6) is -0.467. The van der Waals surface area contributed by atoms with Gasteiger partial charge in [-0.3, -0.25) is 0 Å². The number of hydrogen-bond acceptors (Lipinski definition) is 5. The average molecular weight is 455 g/mol. The second-order valence-electron chi connectivity index (χ2n) is 7.29. The number of rotatable bonds is 10. The SMILES string of the molecule is COc1ccc(CCNS(=O)(=O)c2cc(C(=O)O)ccc2N[C@H](C)c2ccccc2)cc1. The van der Waals surface area contributed by atoms with Crippen molar-refractivity contribution >= 4 is 21.7 Å². The highest BCUT2D eigenvalue weighted by Gasteiger charge is 2.22. The molecule has 0 bridgehead atoms. The van der Waals surface area contributed by atoms with E-state index in [-0.39, 0.29) is 23.0 Å². The number of carboxylic acid groups (broad SMARTS) is 1. The van der Waals surface area contributed by atoms with Gasteiger partial charge in [-0.2, -0.15) is 0 Å². The lowest BCUT2D eigenvalue weighted by atomic mass is 10.1. The molecule has 0 radical (unpaired) electrons. The summed E-state index contributed by atoms with van der Waals surface area (Å²) in [5, 5.41) is 12.5. The smallest absolute Gasteiger partial charge is 0.335 e. The van der Waals surface area contributed by atoms with Gasteiger partial charge in [0.25, 0.3) is 0 Å². The van der Waals surface area contributed by atoms with Crippen LogP contribution in [0.25, 0.3) is 0 Å². The minimum Gasteiger partial charge on any atom is -0.497 e. The van der Waals surface area contributed by atoms with Crippen molar-refractivity contribution in [3.8, 4) is 5.75 Å². The zero-order chi connectivity index (χ0) is 23.1. The lowest BCUT2D eigenvalue weighted by molar-refractivity contribution is 0.0696. The molecule has 0 unspecified atom stereocenters. The van der Waals surface area contributed by atoms with E-state index in [4.69, 9.17) is 4.74 Å². The Morgan fingerprint density at radius 3 is 2.34 bits per heavy atom. The summed E-state index contributed by atoms with van der Waals surface area (Å²) in [6.45, 7) is 2.08. The first-order valence-electron chi connectivity index (χ1n) is 10.1. The maximum atomic E-state index is 13.1. The number of methoxy groups -OCH3 is 1. The lowest BCUT2D eigenvalue weighted by Crippen LogP contribution is -2.27. The van der Waals surface area contributed by atoms with E-state index in [1.165, 1.54) is 18.2 Å². The number of anilines is 1. The summed E-state index contributed by atoms with van der Waals surface area (Å²) in [6, 6.07) is 20.8. The average Bonchev–Trinajstić information content (AvgIpc) is 2.80. The lowest BCUT2D eigenvalue weighted by Gasteiger charge is -2.19. The number of carbonyl (C=O) groups is 1. The number of hydrogen-bond donors (Lipinski definition) is 3. The summed E-state index contributed by atoms with van der Waals surface area (Å²) in [6.07, 6.45) is 0.477. The Kier molecular flexibility index (Phi) is 7.50. The molecule has 0 spiro atoms. The maximum Gasteiger partial charge on any atom is 0.335 e. The van der Waals surface area contributed by atoms with E-state index < -0.39 is 16.0 Å². The van der Waals surface area contributed by atoms with Crippen LogP contribution in [0.3, 0.4) is 0 Å². The van der Waals surface area contributed by atoms with Crippen molar-refractivity contribution in [1.29, 1.82) is 0 Å². The third-order valence-corrected chi connectivity index (χ3v) is 6.56. The summed E-state index contributed by atoms with van der Waals surface area (Å²) < 4.78 is 33.9. The predicted octanol–water partition coefficient (Wildman–Crippen LogP) is 4.09. The van der Waals surface area contributed by atoms with Gasteiger partial charge in [-0.25, -0.2) is 17.9 Å². The van der Waals surface area contributed by atoms with Gasteiger partial charge >= 0.3 is 5.97 Å². The van der Waals surface area contributed by atoms with E-state index in [1.54, 1.807) is 7.11 Å². The van der Waals surface area contributed by atoms with E-state index in [1.807, 2.05) is 61.5 Å². The van der Waals surface area contributed by atoms with Crippen molar-refractivity contribution in [2.75, 3.05) is 19.0 Å². The van der Waals surface area contributed by atoms with Crippen LogP contribution in [0.4, 0.5) is 5.69 Å². The largest absolute Gasteiger partial charge is 0.497 e. The minimum absolute atomic E-state index is 0.0987. The van der Waals surface area contributed by atoms with Gasteiger partial charge in [0.15, 0.2) is 0 Å². The topological polar surface area (TPSA) is 105 Å². The highest BCUT2D eigenvalue weighted by Crippen LogP contribution is 2.27. The highest BCUT2D eigenvalue weighted by atomic mass is 32.2. The van der Waals surface area contributed by atoms with Crippen LogP contribution in [0.15, 0.2) is 77.7 Å². The Balaban J connectivity index is 1.80. The number of sulfonamides is 1. The highest BCUT2D eigenvalue weighted by molar-refractivity contribution is 7.89. The molecule has 168 valence electrons. The van der Waals surface area contributed by atoms with Crippen molar-refractivity contribution in [3.63, 3.8) is 0 Å². The Hall–Kier alpha value is -3.36. The summed E-state index contributed by atoms with van der Waals surface area (Å²) in [5.41, 5.74) is 2.16. The Labute approximate surface area is 188 Å². The fourth-order valence-electron chi connectivity index (χ4n) is 3.25. The predicted molar refractivity (Wildman–Crippen MR) is 124 cm³/mol. The van der Waals surface area contributed by atoms with Gasteiger partial charge < -0.3 is 15.2 Å². The monoisotopic (exact) mass is 454 g/mol.